The zero-order chi connectivity index (χ0) is 16.5. The number of rotatable bonds is 4. The van der Waals surface area contributed by atoms with E-state index in [4.69, 9.17) is 4.98 Å². The van der Waals surface area contributed by atoms with Gasteiger partial charge >= 0.3 is 0 Å². The summed E-state index contributed by atoms with van der Waals surface area (Å²) >= 11 is 0. The molecule has 5 nitrogen and oxygen atoms in total. The molecule has 2 fully saturated rings. The molecule has 3 atom stereocenters. The van der Waals surface area contributed by atoms with Crippen molar-refractivity contribution in [3.05, 3.63) is 42.0 Å². The highest BCUT2D eigenvalue weighted by Crippen LogP contribution is 2.34. The number of aliphatic hydroxyl groups excluding tert-OH is 1. The fraction of sp³-hybridized carbons (Fsp3) is 0.579. The van der Waals surface area contributed by atoms with Gasteiger partial charge in [-0.1, -0.05) is 24.6 Å². The molecule has 1 aromatic carbocycles. The van der Waals surface area contributed by atoms with Crippen LogP contribution in [0.25, 0.3) is 5.69 Å². The predicted molar refractivity (Wildman–Crippen MR) is 93.3 cm³/mol. The lowest BCUT2D eigenvalue weighted by Gasteiger charge is -2.38. The molecule has 0 saturated heterocycles. The van der Waals surface area contributed by atoms with Gasteiger partial charge in [0.05, 0.1) is 11.8 Å². The molecular formula is C19H26N4O. The van der Waals surface area contributed by atoms with E-state index in [1.165, 1.54) is 19.3 Å². The third-order valence-corrected chi connectivity index (χ3v) is 5.47. The van der Waals surface area contributed by atoms with Crippen LogP contribution in [-0.2, 0) is 0 Å². The summed E-state index contributed by atoms with van der Waals surface area (Å²) in [6.07, 6.45) is 6.29. The predicted octanol–water partition coefficient (Wildman–Crippen LogP) is 2.71. The maximum Gasteiger partial charge on any atom is 0.148 e. The number of para-hydroxylation sites is 1. The van der Waals surface area contributed by atoms with Gasteiger partial charge in [-0.25, -0.2) is 9.67 Å². The van der Waals surface area contributed by atoms with Crippen LogP contribution in [0.3, 0.4) is 0 Å². The molecule has 24 heavy (non-hydrogen) atoms. The van der Waals surface area contributed by atoms with Crippen molar-refractivity contribution in [2.24, 2.45) is 0 Å². The first-order valence-electron chi connectivity index (χ1n) is 9.14. The van der Waals surface area contributed by atoms with Gasteiger partial charge in [-0.05, 0) is 51.2 Å². The molecule has 2 aliphatic rings. The van der Waals surface area contributed by atoms with Gasteiger partial charge in [-0.15, -0.1) is 0 Å². The molecule has 1 heterocycles. The Labute approximate surface area is 143 Å². The van der Waals surface area contributed by atoms with E-state index in [1.54, 1.807) is 0 Å². The summed E-state index contributed by atoms with van der Waals surface area (Å²) in [5.41, 5.74) is 1.06. The van der Waals surface area contributed by atoms with E-state index in [9.17, 15) is 5.11 Å². The minimum Gasteiger partial charge on any atom is -0.392 e. The molecule has 0 radical (unpaired) electrons. The lowest BCUT2D eigenvalue weighted by Crippen LogP contribution is -2.50. The van der Waals surface area contributed by atoms with Crippen LogP contribution in [-0.4, -0.2) is 38.1 Å². The Morgan fingerprint density at radius 1 is 1.12 bits per heavy atom. The molecule has 0 unspecified atom stereocenters. The number of aromatic nitrogens is 3. The normalized spacial score (nSPS) is 27.8. The molecule has 0 amide bonds. The summed E-state index contributed by atoms with van der Waals surface area (Å²) in [5.74, 6) is 2.18. The Morgan fingerprint density at radius 2 is 1.92 bits per heavy atom. The van der Waals surface area contributed by atoms with Crippen LogP contribution in [0.4, 0.5) is 0 Å². The third kappa shape index (κ3) is 3.10. The quantitative estimate of drug-likeness (QED) is 0.907. The van der Waals surface area contributed by atoms with Crippen LogP contribution >= 0.6 is 0 Å². The second kappa shape index (κ2) is 6.65. The highest BCUT2D eigenvalue weighted by atomic mass is 16.3. The average Bonchev–Trinajstić information content (AvgIpc) is 2.95. The smallest absolute Gasteiger partial charge is 0.148 e. The molecule has 4 rings (SSSR count). The molecule has 2 saturated carbocycles. The number of nitrogens with zero attached hydrogens (tertiary/aromatic N) is 3. The zero-order valence-electron chi connectivity index (χ0n) is 14.2. The van der Waals surface area contributed by atoms with E-state index in [0.29, 0.717) is 12.0 Å². The van der Waals surface area contributed by atoms with Crippen molar-refractivity contribution in [3.63, 3.8) is 0 Å². The highest BCUT2D eigenvalue weighted by Gasteiger charge is 2.34. The molecule has 0 bridgehead atoms. The van der Waals surface area contributed by atoms with Crippen LogP contribution in [0.2, 0.25) is 0 Å². The SMILES string of the molecule is Cc1nc([C@H]2CC[C@@H](O)[C@H](NC3CCC3)C2)n(-c2ccccc2)n1. The first-order chi connectivity index (χ1) is 11.7. The lowest BCUT2D eigenvalue weighted by atomic mass is 9.81. The summed E-state index contributed by atoms with van der Waals surface area (Å²) < 4.78 is 1.98. The number of aliphatic hydroxyl groups is 1. The molecular weight excluding hydrogens is 300 g/mol. The molecule has 0 aliphatic heterocycles. The van der Waals surface area contributed by atoms with Gasteiger partial charge in [0, 0.05) is 18.0 Å². The van der Waals surface area contributed by atoms with Crippen molar-refractivity contribution in [1.82, 2.24) is 20.1 Å². The number of aryl methyl sites for hydroxylation is 1. The number of nitrogens with one attached hydrogen (secondary N) is 1. The van der Waals surface area contributed by atoms with Crippen molar-refractivity contribution >= 4 is 0 Å². The van der Waals surface area contributed by atoms with Crippen LogP contribution < -0.4 is 5.32 Å². The monoisotopic (exact) mass is 326 g/mol. The van der Waals surface area contributed by atoms with Gasteiger partial charge in [0.25, 0.3) is 0 Å². The van der Waals surface area contributed by atoms with E-state index in [-0.39, 0.29) is 12.1 Å². The van der Waals surface area contributed by atoms with Crippen molar-refractivity contribution < 1.29 is 5.11 Å². The van der Waals surface area contributed by atoms with Crippen molar-refractivity contribution in [1.29, 1.82) is 0 Å². The summed E-state index contributed by atoms with van der Waals surface area (Å²) in [6, 6.07) is 11.0. The van der Waals surface area contributed by atoms with E-state index in [0.717, 1.165) is 36.6 Å². The fourth-order valence-electron chi connectivity index (χ4n) is 3.90. The topological polar surface area (TPSA) is 63.0 Å². The van der Waals surface area contributed by atoms with Crippen LogP contribution in [0.15, 0.2) is 30.3 Å². The molecule has 0 spiro atoms. The number of benzene rings is 1. The van der Waals surface area contributed by atoms with Crippen LogP contribution in [0, 0.1) is 6.92 Å². The Kier molecular flexibility index (Phi) is 4.37. The Balaban J connectivity index is 1.57. The van der Waals surface area contributed by atoms with E-state index in [2.05, 4.69) is 22.5 Å². The third-order valence-electron chi connectivity index (χ3n) is 5.47. The molecule has 1 aromatic heterocycles. The maximum absolute atomic E-state index is 10.4. The van der Waals surface area contributed by atoms with Gasteiger partial charge < -0.3 is 10.4 Å². The standard InChI is InChI=1S/C19H26N4O/c1-13-20-19(23(22-13)16-8-3-2-4-9-16)14-10-11-18(24)17(12-14)21-15-6-5-7-15/h2-4,8-9,14-15,17-18,21,24H,5-7,10-12H2,1H3/t14-,17+,18+/m0/s1. The minimum atomic E-state index is -0.240. The van der Waals surface area contributed by atoms with E-state index < -0.39 is 0 Å². The van der Waals surface area contributed by atoms with Gasteiger partial charge in [-0.3, -0.25) is 0 Å². The summed E-state index contributed by atoms with van der Waals surface area (Å²) in [4.78, 5) is 4.73. The highest BCUT2D eigenvalue weighted by molar-refractivity contribution is 5.32. The Morgan fingerprint density at radius 3 is 2.62 bits per heavy atom. The van der Waals surface area contributed by atoms with Crippen LogP contribution in [0.5, 0.6) is 0 Å². The van der Waals surface area contributed by atoms with Gasteiger partial charge in [0.2, 0.25) is 0 Å². The van der Waals surface area contributed by atoms with Crippen molar-refractivity contribution in [2.45, 2.75) is 69.6 Å². The second-order valence-electron chi connectivity index (χ2n) is 7.24. The number of hydrogen-bond acceptors (Lipinski definition) is 4. The zero-order valence-corrected chi connectivity index (χ0v) is 14.2. The lowest BCUT2D eigenvalue weighted by molar-refractivity contribution is 0.0691. The maximum atomic E-state index is 10.4. The average molecular weight is 326 g/mol. The second-order valence-corrected chi connectivity index (χ2v) is 7.24. The van der Waals surface area contributed by atoms with Gasteiger partial charge in [0.15, 0.2) is 0 Å². The largest absolute Gasteiger partial charge is 0.392 e. The van der Waals surface area contributed by atoms with Crippen LogP contribution in [0.1, 0.15) is 56.1 Å². The summed E-state index contributed by atoms with van der Waals surface area (Å²) in [5, 5.41) is 18.7. The molecule has 2 aliphatic carbocycles. The summed E-state index contributed by atoms with van der Waals surface area (Å²) in [6.45, 7) is 1.95. The molecule has 5 heteroatoms. The molecule has 2 aromatic rings. The van der Waals surface area contributed by atoms with Gasteiger partial charge in [0.1, 0.15) is 11.6 Å². The molecule has 2 N–H and O–H groups in total. The van der Waals surface area contributed by atoms with Crippen molar-refractivity contribution in [3.8, 4) is 5.69 Å². The van der Waals surface area contributed by atoms with Crippen molar-refractivity contribution in [2.75, 3.05) is 0 Å². The fourth-order valence-corrected chi connectivity index (χ4v) is 3.90. The Bertz CT molecular complexity index is 680. The van der Waals surface area contributed by atoms with E-state index in [1.807, 2.05) is 29.8 Å². The van der Waals surface area contributed by atoms with Gasteiger partial charge in [-0.2, -0.15) is 5.10 Å². The first kappa shape index (κ1) is 15.8. The number of hydrogen-bond donors (Lipinski definition) is 2. The minimum absolute atomic E-state index is 0.176. The van der Waals surface area contributed by atoms with E-state index >= 15 is 0 Å². The summed E-state index contributed by atoms with van der Waals surface area (Å²) in [7, 11) is 0. The Hall–Kier alpha value is -1.72. The first-order valence-corrected chi connectivity index (χ1v) is 9.14. The molecule has 128 valence electrons.